The summed E-state index contributed by atoms with van der Waals surface area (Å²) in [6.45, 7) is 6.71. The Morgan fingerprint density at radius 2 is 2.11 bits per heavy atom. The van der Waals surface area contributed by atoms with E-state index < -0.39 is 5.60 Å². The van der Waals surface area contributed by atoms with Crippen LogP contribution in [-0.4, -0.2) is 32.7 Å². The van der Waals surface area contributed by atoms with Crippen molar-refractivity contribution in [2.75, 3.05) is 6.54 Å². The zero-order chi connectivity index (χ0) is 13.3. The molecule has 0 saturated carbocycles. The Hall–Kier alpha value is -1.85. The van der Waals surface area contributed by atoms with E-state index in [9.17, 15) is 9.59 Å². The molecule has 1 aromatic heterocycles. The predicted octanol–water partition coefficient (Wildman–Crippen LogP) is 0.994. The van der Waals surface area contributed by atoms with Gasteiger partial charge in [-0.15, -0.1) is 0 Å². The molecule has 18 heavy (non-hydrogen) atoms. The molecule has 0 unspecified atom stereocenters. The Labute approximate surface area is 105 Å². The van der Waals surface area contributed by atoms with Crippen LogP contribution in [0.2, 0.25) is 0 Å². The van der Waals surface area contributed by atoms with Crippen LogP contribution in [0.1, 0.15) is 26.6 Å². The van der Waals surface area contributed by atoms with Crippen molar-refractivity contribution >= 4 is 6.09 Å². The molecule has 2 heterocycles. The van der Waals surface area contributed by atoms with E-state index in [1.165, 1.54) is 12.3 Å². The molecular formula is C12H17N3O3. The minimum Gasteiger partial charge on any atom is -0.444 e. The van der Waals surface area contributed by atoms with Crippen molar-refractivity contribution in [3.05, 3.63) is 28.4 Å². The summed E-state index contributed by atoms with van der Waals surface area (Å²) in [5.41, 5.74) is -0.595. The van der Waals surface area contributed by atoms with Crippen molar-refractivity contribution in [1.82, 2.24) is 14.5 Å². The van der Waals surface area contributed by atoms with E-state index in [1.807, 2.05) is 20.8 Å². The SMILES string of the molecule is CC(C)(C)OC(=O)N1CCn2c(nccc2=O)C1. The first-order valence-corrected chi connectivity index (χ1v) is 5.89. The van der Waals surface area contributed by atoms with Crippen LogP contribution >= 0.6 is 0 Å². The number of nitrogens with zero attached hydrogens (tertiary/aromatic N) is 3. The van der Waals surface area contributed by atoms with Gasteiger partial charge in [0.05, 0.1) is 6.54 Å². The van der Waals surface area contributed by atoms with Crippen LogP contribution in [0.25, 0.3) is 0 Å². The third-order valence-corrected chi connectivity index (χ3v) is 2.60. The van der Waals surface area contributed by atoms with Crippen LogP contribution in [0.15, 0.2) is 17.1 Å². The van der Waals surface area contributed by atoms with Crippen molar-refractivity contribution in [2.45, 2.75) is 39.5 Å². The summed E-state index contributed by atoms with van der Waals surface area (Å²) in [6, 6.07) is 1.42. The highest BCUT2D eigenvalue weighted by Crippen LogP contribution is 2.13. The molecule has 98 valence electrons. The van der Waals surface area contributed by atoms with Gasteiger partial charge in [-0.2, -0.15) is 0 Å². The number of hydrogen-bond donors (Lipinski definition) is 0. The quantitative estimate of drug-likeness (QED) is 0.690. The Balaban J connectivity index is 2.13. The maximum Gasteiger partial charge on any atom is 0.410 e. The van der Waals surface area contributed by atoms with Gasteiger partial charge >= 0.3 is 6.09 Å². The minimum atomic E-state index is -0.516. The summed E-state index contributed by atoms with van der Waals surface area (Å²) in [5.74, 6) is 0.597. The molecule has 0 N–H and O–H groups in total. The highest BCUT2D eigenvalue weighted by atomic mass is 16.6. The summed E-state index contributed by atoms with van der Waals surface area (Å²) in [5, 5.41) is 0. The van der Waals surface area contributed by atoms with Crippen molar-refractivity contribution < 1.29 is 9.53 Å². The molecule has 0 aliphatic carbocycles. The van der Waals surface area contributed by atoms with Gasteiger partial charge in [0.15, 0.2) is 0 Å². The van der Waals surface area contributed by atoms with E-state index in [1.54, 1.807) is 9.47 Å². The van der Waals surface area contributed by atoms with Crippen LogP contribution in [0.5, 0.6) is 0 Å². The fourth-order valence-electron chi connectivity index (χ4n) is 1.79. The Morgan fingerprint density at radius 1 is 1.39 bits per heavy atom. The average Bonchev–Trinajstić information content (AvgIpc) is 2.26. The maximum absolute atomic E-state index is 11.9. The Morgan fingerprint density at radius 3 is 2.78 bits per heavy atom. The zero-order valence-corrected chi connectivity index (χ0v) is 10.8. The number of carbonyl (C=O) groups is 1. The van der Waals surface area contributed by atoms with Crippen LogP contribution in [0, 0.1) is 0 Å². The molecule has 6 heteroatoms. The molecule has 1 aliphatic heterocycles. The normalized spacial score (nSPS) is 15.2. The molecule has 0 radical (unpaired) electrons. The van der Waals surface area contributed by atoms with Crippen LogP contribution in [0.3, 0.4) is 0 Å². The van der Waals surface area contributed by atoms with E-state index in [-0.39, 0.29) is 11.7 Å². The van der Waals surface area contributed by atoms with Gasteiger partial charge in [-0.05, 0) is 20.8 Å². The van der Waals surface area contributed by atoms with E-state index in [4.69, 9.17) is 4.74 Å². The van der Waals surface area contributed by atoms with Crippen molar-refractivity contribution in [2.24, 2.45) is 0 Å². The second-order valence-electron chi connectivity index (χ2n) is 5.25. The minimum absolute atomic E-state index is 0.0798. The van der Waals surface area contributed by atoms with Gasteiger partial charge in [0, 0.05) is 25.4 Å². The number of aromatic nitrogens is 2. The van der Waals surface area contributed by atoms with Crippen LogP contribution in [0.4, 0.5) is 4.79 Å². The van der Waals surface area contributed by atoms with E-state index in [0.717, 1.165) is 0 Å². The van der Waals surface area contributed by atoms with Crippen molar-refractivity contribution in [3.8, 4) is 0 Å². The molecule has 0 spiro atoms. The molecule has 1 aliphatic rings. The van der Waals surface area contributed by atoms with Gasteiger partial charge in [0.25, 0.3) is 5.56 Å². The van der Waals surface area contributed by atoms with Crippen LogP contribution < -0.4 is 5.56 Å². The summed E-state index contributed by atoms with van der Waals surface area (Å²) in [7, 11) is 0. The van der Waals surface area contributed by atoms with Gasteiger partial charge in [0.2, 0.25) is 0 Å². The monoisotopic (exact) mass is 251 g/mol. The van der Waals surface area contributed by atoms with E-state index >= 15 is 0 Å². The molecular weight excluding hydrogens is 234 g/mol. The summed E-state index contributed by atoms with van der Waals surface area (Å²) >= 11 is 0. The second kappa shape index (κ2) is 4.44. The highest BCUT2D eigenvalue weighted by molar-refractivity contribution is 5.68. The first kappa shape index (κ1) is 12.6. The molecule has 0 saturated heterocycles. The molecule has 1 amide bonds. The number of fused-ring (bicyclic) bond motifs is 1. The zero-order valence-electron chi connectivity index (χ0n) is 10.8. The lowest BCUT2D eigenvalue weighted by molar-refractivity contribution is 0.0191. The van der Waals surface area contributed by atoms with Gasteiger partial charge < -0.3 is 4.74 Å². The number of ether oxygens (including phenoxy) is 1. The molecule has 2 rings (SSSR count). The number of rotatable bonds is 0. The number of amides is 1. The first-order valence-electron chi connectivity index (χ1n) is 5.89. The summed E-state index contributed by atoms with van der Waals surface area (Å²) in [6.07, 6.45) is 1.10. The van der Waals surface area contributed by atoms with Gasteiger partial charge in [0.1, 0.15) is 11.4 Å². The second-order valence-corrected chi connectivity index (χ2v) is 5.25. The van der Waals surface area contributed by atoms with Crippen molar-refractivity contribution in [1.29, 1.82) is 0 Å². The topological polar surface area (TPSA) is 64.4 Å². The smallest absolute Gasteiger partial charge is 0.410 e. The molecule has 0 aromatic carbocycles. The van der Waals surface area contributed by atoms with Gasteiger partial charge in [-0.1, -0.05) is 0 Å². The maximum atomic E-state index is 11.9. The molecule has 0 atom stereocenters. The van der Waals surface area contributed by atoms with Gasteiger partial charge in [-0.3, -0.25) is 14.3 Å². The molecule has 0 bridgehead atoms. The third kappa shape index (κ3) is 2.69. The lowest BCUT2D eigenvalue weighted by atomic mass is 10.2. The summed E-state index contributed by atoms with van der Waals surface area (Å²) < 4.78 is 6.88. The molecule has 6 nitrogen and oxygen atoms in total. The fourth-order valence-corrected chi connectivity index (χ4v) is 1.79. The molecule has 0 fully saturated rings. The fraction of sp³-hybridized carbons (Fsp3) is 0.583. The lowest BCUT2D eigenvalue weighted by Gasteiger charge is -2.31. The lowest BCUT2D eigenvalue weighted by Crippen LogP contribution is -2.44. The van der Waals surface area contributed by atoms with Gasteiger partial charge in [-0.25, -0.2) is 9.78 Å². The highest BCUT2D eigenvalue weighted by Gasteiger charge is 2.26. The third-order valence-electron chi connectivity index (χ3n) is 2.60. The standard InChI is InChI=1S/C12H17N3O3/c1-12(2,3)18-11(17)14-6-7-15-9(8-14)13-5-4-10(15)16/h4-5H,6-8H2,1-3H3. The first-order chi connectivity index (χ1) is 8.37. The van der Waals surface area contributed by atoms with Crippen molar-refractivity contribution in [3.63, 3.8) is 0 Å². The predicted molar refractivity (Wildman–Crippen MR) is 65.1 cm³/mol. The van der Waals surface area contributed by atoms with E-state index in [0.29, 0.717) is 25.5 Å². The summed E-state index contributed by atoms with van der Waals surface area (Å²) in [4.78, 5) is 29.1. The van der Waals surface area contributed by atoms with E-state index in [2.05, 4.69) is 4.98 Å². The average molecular weight is 251 g/mol. The largest absolute Gasteiger partial charge is 0.444 e. The Kier molecular flexibility index (Phi) is 3.11. The number of carbonyl (C=O) groups excluding carboxylic acids is 1. The van der Waals surface area contributed by atoms with Crippen LogP contribution in [-0.2, 0) is 17.8 Å². The Bertz CT molecular complexity index is 516. The number of hydrogen-bond acceptors (Lipinski definition) is 4. The molecule has 1 aromatic rings.